The van der Waals surface area contributed by atoms with E-state index in [1.807, 2.05) is 42.5 Å². The topological polar surface area (TPSA) is 80.2 Å². The van der Waals surface area contributed by atoms with Crippen LogP contribution in [-0.2, 0) is 16.9 Å². The van der Waals surface area contributed by atoms with Crippen molar-refractivity contribution < 1.29 is 9.84 Å². The summed E-state index contributed by atoms with van der Waals surface area (Å²) in [6.45, 7) is 8.80. The zero-order valence-electron chi connectivity index (χ0n) is 19.8. The third-order valence-electron chi connectivity index (χ3n) is 5.30. The molecular weight excluding hydrogens is 448 g/mol. The predicted octanol–water partition coefficient (Wildman–Crippen LogP) is 6.49. The van der Waals surface area contributed by atoms with Crippen LogP contribution in [0.25, 0.3) is 22.4 Å². The fourth-order valence-electron chi connectivity index (χ4n) is 3.56. The van der Waals surface area contributed by atoms with E-state index in [0.29, 0.717) is 41.2 Å². The quantitative estimate of drug-likeness (QED) is 0.302. The molecule has 4 aromatic rings. The minimum absolute atomic E-state index is 0.386. The number of nitrogens with one attached hydrogen (secondary N) is 1. The first-order valence-electron chi connectivity index (χ1n) is 11.3. The van der Waals surface area contributed by atoms with Crippen molar-refractivity contribution in [3.8, 4) is 11.4 Å². The van der Waals surface area contributed by atoms with Crippen molar-refractivity contribution in [2.75, 3.05) is 11.9 Å². The van der Waals surface area contributed by atoms with Gasteiger partial charge in [-0.05, 0) is 67.8 Å². The summed E-state index contributed by atoms with van der Waals surface area (Å²) in [6.07, 6.45) is 1.70. The van der Waals surface area contributed by atoms with Gasteiger partial charge in [0, 0.05) is 23.9 Å². The highest BCUT2D eigenvalue weighted by Crippen LogP contribution is 2.31. The highest BCUT2D eigenvalue weighted by Gasteiger charge is 2.16. The molecule has 6 nitrogen and oxygen atoms in total. The second-order valence-corrected chi connectivity index (χ2v) is 9.64. The predicted molar refractivity (Wildman–Crippen MR) is 137 cm³/mol. The summed E-state index contributed by atoms with van der Waals surface area (Å²) in [7, 11) is 0. The fourth-order valence-corrected chi connectivity index (χ4v) is 3.77. The van der Waals surface area contributed by atoms with Gasteiger partial charge in [-0.1, -0.05) is 37.6 Å². The molecule has 3 aromatic heterocycles. The molecule has 34 heavy (non-hydrogen) atoms. The van der Waals surface area contributed by atoms with Gasteiger partial charge in [-0.25, -0.2) is 9.97 Å². The number of hydrogen-bond acceptors (Lipinski definition) is 6. The van der Waals surface area contributed by atoms with Gasteiger partial charge < -0.3 is 15.2 Å². The lowest BCUT2D eigenvalue weighted by Gasteiger charge is -2.18. The number of fused-ring (bicyclic) bond motifs is 1. The average molecular weight is 477 g/mol. The second kappa shape index (κ2) is 10.1. The molecular formula is C27H29ClN4O2. The highest BCUT2D eigenvalue weighted by atomic mass is 35.5. The Morgan fingerprint density at radius 3 is 2.50 bits per heavy atom. The smallest absolute Gasteiger partial charge is 0.162 e. The normalized spacial score (nSPS) is 11.9. The van der Waals surface area contributed by atoms with E-state index in [1.165, 1.54) is 0 Å². The van der Waals surface area contributed by atoms with Crippen LogP contribution in [0.3, 0.4) is 0 Å². The summed E-state index contributed by atoms with van der Waals surface area (Å²) in [4.78, 5) is 13.9. The number of nitrogens with zero attached hydrogens (tertiary/aromatic N) is 3. The third-order valence-corrected chi connectivity index (χ3v) is 5.60. The van der Waals surface area contributed by atoms with E-state index in [4.69, 9.17) is 26.3 Å². The maximum atomic E-state index is 10.2. The zero-order valence-corrected chi connectivity index (χ0v) is 20.6. The second-order valence-electron chi connectivity index (χ2n) is 9.23. The van der Waals surface area contributed by atoms with Crippen LogP contribution >= 0.6 is 11.6 Å². The van der Waals surface area contributed by atoms with Crippen molar-refractivity contribution in [2.24, 2.45) is 5.92 Å². The van der Waals surface area contributed by atoms with Crippen molar-refractivity contribution in [3.05, 3.63) is 77.1 Å². The van der Waals surface area contributed by atoms with Crippen LogP contribution in [0.5, 0.6) is 0 Å². The Morgan fingerprint density at radius 1 is 1.06 bits per heavy atom. The molecule has 0 fully saturated rings. The number of aromatic nitrogens is 3. The maximum absolute atomic E-state index is 10.2. The molecule has 0 saturated carbocycles. The number of benzene rings is 1. The first-order chi connectivity index (χ1) is 16.2. The summed E-state index contributed by atoms with van der Waals surface area (Å²) < 4.78 is 5.84. The number of hydrogen-bond donors (Lipinski definition) is 2. The molecule has 0 amide bonds. The Labute approximate surface area is 205 Å². The first kappa shape index (κ1) is 24.1. The lowest BCUT2D eigenvalue weighted by Crippen LogP contribution is -2.15. The number of ether oxygens (including phenoxy) is 1. The molecule has 0 radical (unpaired) electrons. The molecule has 0 atom stereocenters. The molecule has 1 aromatic carbocycles. The van der Waals surface area contributed by atoms with Gasteiger partial charge in [-0.2, -0.15) is 0 Å². The molecule has 3 heterocycles. The summed E-state index contributed by atoms with van der Waals surface area (Å²) in [6, 6.07) is 17.2. The minimum atomic E-state index is -0.893. The fraction of sp³-hybridized carbons (Fsp3) is 0.296. The summed E-state index contributed by atoms with van der Waals surface area (Å²) >= 11 is 6.35. The van der Waals surface area contributed by atoms with E-state index in [2.05, 4.69) is 24.1 Å². The minimum Gasteiger partial charge on any atom is -0.386 e. The van der Waals surface area contributed by atoms with E-state index in [9.17, 15) is 5.11 Å². The summed E-state index contributed by atoms with van der Waals surface area (Å²) in [5.41, 5.74) is 4.36. The van der Waals surface area contributed by atoms with Crippen LogP contribution in [-0.4, -0.2) is 26.7 Å². The van der Waals surface area contributed by atoms with Gasteiger partial charge in [0.2, 0.25) is 0 Å². The van der Waals surface area contributed by atoms with Gasteiger partial charge in [0.1, 0.15) is 5.69 Å². The molecule has 0 aliphatic rings. The number of halogens is 1. The SMILES string of the molecule is CC(C)COCc1cc(Nc2ccc(C(C)(C)O)cc2)c2ccc(-c3ncccc3Cl)nc2n1. The van der Waals surface area contributed by atoms with Crippen LogP contribution in [0.2, 0.25) is 5.02 Å². The van der Waals surface area contributed by atoms with Crippen molar-refractivity contribution in [1.29, 1.82) is 0 Å². The van der Waals surface area contributed by atoms with Crippen molar-refractivity contribution in [2.45, 2.75) is 39.9 Å². The molecule has 0 bridgehead atoms. The molecule has 0 unspecified atom stereocenters. The Hall–Kier alpha value is -3.06. The molecule has 7 heteroatoms. The monoisotopic (exact) mass is 476 g/mol. The van der Waals surface area contributed by atoms with Crippen molar-refractivity contribution in [1.82, 2.24) is 15.0 Å². The van der Waals surface area contributed by atoms with Crippen LogP contribution < -0.4 is 5.32 Å². The van der Waals surface area contributed by atoms with Gasteiger partial charge in [0.05, 0.1) is 34.3 Å². The lowest BCUT2D eigenvalue weighted by atomic mass is 9.98. The summed E-state index contributed by atoms with van der Waals surface area (Å²) in [5.74, 6) is 0.434. The highest BCUT2D eigenvalue weighted by molar-refractivity contribution is 6.32. The van der Waals surface area contributed by atoms with Crippen LogP contribution in [0.4, 0.5) is 11.4 Å². The Morgan fingerprint density at radius 2 is 1.82 bits per heavy atom. The van der Waals surface area contributed by atoms with Crippen LogP contribution in [0.1, 0.15) is 39.0 Å². The van der Waals surface area contributed by atoms with Gasteiger partial charge in [0.25, 0.3) is 0 Å². The maximum Gasteiger partial charge on any atom is 0.162 e. The Balaban J connectivity index is 1.73. The molecule has 0 spiro atoms. The van der Waals surface area contributed by atoms with Crippen LogP contribution in [0.15, 0.2) is 60.8 Å². The standard InChI is InChI=1S/C27H29ClN4O2/c1-17(2)15-34-16-20-14-24(30-19-9-7-18(8-10-19)27(3,4)33)21-11-12-23(32-26(21)31-20)25-22(28)6-5-13-29-25/h5-14,17,33H,15-16H2,1-4H3,(H,30,31,32). The largest absolute Gasteiger partial charge is 0.386 e. The van der Waals surface area contributed by atoms with Gasteiger partial charge >= 0.3 is 0 Å². The van der Waals surface area contributed by atoms with Gasteiger partial charge in [-0.3, -0.25) is 4.98 Å². The van der Waals surface area contributed by atoms with Crippen LogP contribution in [0, 0.1) is 5.92 Å². The van der Waals surface area contributed by atoms with E-state index in [-0.39, 0.29) is 0 Å². The Kier molecular flexibility index (Phi) is 7.12. The number of aliphatic hydroxyl groups is 1. The lowest BCUT2D eigenvalue weighted by molar-refractivity contribution is 0.0786. The third kappa shape index (κ3) is 5.70. The average Bonchev–Trinajstić information content (AvgIpc) is 2.78. The van der Waals surface area contributed by atoms with Gasteiger partial charge in [0.15, 0.2) is 5.65 Å². The number of anilines is 2. The molecule has 0 aliphatic heterocycles. The number of rotatable bonds is 8. The first-order valence-corrected chi connectivity index (χ1v) is 11.7. The molecule has 0 saturated heterocycles. The van der Waals surface area contributed by atoms with E-state index >= 15 is 0 Å². The van der Waals surface area contributed by atoms with E-state index in [0.717, 1.165) is 28.0 Å². The van der Waals surface area contributed by atoms with E-state index in [1.54, 1.807) is 32.2 Å². The van der Waals surface area contributed by atoms with Gasteiger partial charge in [-0.15, -0.1) is 0 Å². The Bertz CT molecular complexity index is 1280. The molecule has 2 N–H and O–H groups in total. The number of pyridine rings is 3. The zero-order chi connectivity index (χ0) is 24.3. The van der Waals surface area contributed by atoms with E-state index < -0.39 is 5.60 Å². The van der Waals surface area contributed by atoms with Crippen molar-refractivity contribution in [3.63, 3.8) is 0 Å². The summed E-state index contributed by atoms with van der Waals surface area (Å²) in [5, 5.41) is 15.1. The van der Waals surface area contributed by atoms with Crippen molar-refractivity contribution >= 4 is 34.0 Å². The molecule has 0 aliphatic carbocycles. The molecule has 4 rings (SSSR count). The molecule has 176 valence electrons.